The molecule has 0 aliphatic rings. The van der Waals surface area contributed by atoms with Gasteiger partial charge in [-0.05, 0) is 30.5 Å². The van der Waals surface area contributed by atoms with E-state index in [1.54, 1.807) is 11.3 Å². The predicted molar refractivity (Wildman–Crippen MR) is 76.2 cm³/mol. The van der Waals surface area contributed by atoms with Crippen molar-refractivity contribution in [2.45, 2.75) is 6.92 Å². The van der Waals surface area contributed by atoms with E-state index in [0.717, 1.165) is 21.6 Å². The van der Waals surface area contributed by atoms with Gasteiger partial charge in [-0.15, -0.1) is 11.3 Å². The summed E-state index contributed by atoms with van der Waals surface area (Å²) in [4.78, 5) is 8.72. The van der Waals surface area contributed by atoms with Gasteiger partial charge in [0, 0.05) is 4.88 Å². The second-order valence-electron chi connectivity index (χ2n) is 3.89. The lowest BCUT2D eigenvalue weighted by atomic mass is 10.3. The zero-order valence-corrected chi connectivity index (χ0v) is 10.7. The average molecular weight is 256 g/mol. The highest BCUT2D eigenvalue weighted by molar-refractivity contribution is 7.12. The normalized spacial score (nSPS) is 11.9. The highest BCUT2D eigenvalue weighted by Gasteiger charge is 2.01. The van der Waals surface area contributed by atoms with Crippen LogP contribution in [-0.2, 0) is 0 Å². The number of hydrogen-bond donors (Lipinski definition) is 2. The Bertz CT molecular complexity index is 649. The minimum absolute atomic E-state index is 0.659. The number of nitrogens with zero attached hydrogens (tertiary/aromatic N) is 2. The first-order valence-electron chi connectivity index (χ1n) is 5.62. The van der Waals surface area contributed by atoms with Crippen LogP contribution in [-0.4, -0.2) is 15.7 Å². The summed E-state index contributed by atoms with van der Waals surface area (Å²) >= 11 is 1.67. The lowest BCUT2D eigenvalue weighted by molar-refractivity contribution is 1.21. The van der Waals surface area contributed by atoms with Crippen LogP contribution in [0.2, 0.25) is 0 Å². The van der Waals surface area contributed by atoms with E-state index in [4.69, 9.17) is 0 Å². The van der Waals surface area contributed by atoms with E-state index in [-0.39, 0.29) is 0 Å². The fourth-order valence-corrected chi connectivity index (χ4v) is 2.36. The van der Waals surface area contributed by atoms with Crippen LogP contribution in [0.25, 0.3) is 11.0 Å². The van der Waals surface area contributed by atoms with Crippen molar-refractivity contribution in [1.82, 2.24) is 9.97 Å². The Hall–Kier alpha value is -2.14. The molecule has 0 spiro atoms. The number of fused-ring (bicyclic) bond motifs is 1. The fourth-order valence-electron chi connectivity index (χ4n) is 1.68. The Morgan fingerprint density at radius 1 is 1.28 bits per heavy atom. The van der Waals surface area contributed by atoms with Gasteiger partial charge < -0.3 is 4.98 Å². The van der Waals surface area contributed by atoms with Crippen molar-refractivity contribution in [2.24, 2.45) is 5.10 Å². The maximum atomic E-state index is 4.40. The number of imidazole rings is 1. The van der Waals surface area contributed by atoms with E-state index in [2.05, 4.69) is 20.5 Å². The highest BCUT2D eigenvalue weighted by Crippen LogP contribution is 2.14. The molecule has 0 saturated heterocycles. The molecule has 3 aromatic rings. The van der Waals surface area contributed by atoms with Gasteiger partial charge in [0.15, 0.2) is 0 Å². The first-order chi connectivity index (χ1) is 8.83. The predicted octanol–water partition coefficient (Wildman–Crippen LogP) is 3.46. The van der Waals surface area contributed by atoms with Crippen molar-refractivity contribution in [3.05, 3.63) is 46.7 Å². The summed E-state index contributed by atoms with van der Waals surface area (Å²) in [6, 6.07) is 12.0. The molecule has 0 atom stereocenters. The van der Waals surface area contributed by atoms with Crippen molar-refractivity contribution in [3.8, 4) is 0 Å². The number of aromatic nitrogens is 2. The third kappa shape index (κ3) is 2.12. The zero-order valence-electron chi connectivity index (χ0n) is 9.84. The number of rotatable bonds is 3. The topological polar surface area (TPSA) is 53.1 Å². The van der Waals surface area contributed by atoms with E-state index in [9.17, 15) is 0 Å². The second kappa shape index (κ2) is 4.62. The van der Waals surface area contributed by atoms with Crippen molar-refractivity contribution < 1.29 is 0 Å². The molecule has 0 amide bonds. The molecular weight excluding hydrogens is 244 g/mol. The number of anilines is 1. The van der Waals surface area contributed by atoms with Crippen LogP contribution in [0, 0.1) is 0 Å². The number of nitrogens with one attached hydrogen (secondary N) is 2. The Morgan fingerprint density at radius 3 is 2.94 bits per heavy atom. The minimum atomic E-state index is 0.659. The molecule has 0 saturated carbocycles. The molecule has 90 valence electrons. The number of hydrogen-bond acceptors (Lipinski definition) is 4. The average Bonchev–Trinajstić information content (AvgIpc) is 3.04. The Morgan fingerprint density at radius 2 is 2.17 bits per heavy atom. The van der Waals surface area contributed by atoms with Crippen molar-refractivity contribution in [2.75, 3.05) is 5.43 Å². The Kier molecular flexibility index (Phi) is 2.82. The van der Waals surface area contributed by atoms with E-state index in [1.165, 1.54) is 0 Å². The molecule has 0 fully saturated rings. The zero-order chi connectivity index (χ0) is 12.4. The van der Waals surface area contributed by atoms with Crippen molar-refractivity contribution in [1.29, 1.82) is 0 Å². The maximum Gasteiger partial charge on any atom is 0.222 e. The molecule has 3 rings (SSSR count). The van der Waals surface area contributed by atoms with Crippen LogP contribution in [0.1, 0.15) is 11.8 Å². The van der Waals surface area contributed by atoms with Gasteiger partial charge in [-0.25, -0.2) is 10.4 Å². The molecule has 0 unspecified atom stereocenters. The molecule has 0 aliphatic carbocycles. The van der Waals surface area contributed by atoms with E-state index >= 15 is 0 Å². The lowest BCUT2D eigenvalue weighted by Gasteiger charge is -1.97. The van der Waals surface area contributed by atoms with Gasteiger partial charge in [0.25, 0.3) is 0 Å². The van der Waals surface area contributed by atoms with Gasteiger partial charge >= 0.3 is 0 Å². The lowest BCUT2D eigenvalue weighted by Crippen LogP contribution is -1.98. The largest absolute Gasteiger partial charge is 0.323 e. The van der Waals surface area contributed by atoms with Crippen LogP contribution in [0.5, 0.6) is 0 Å². The van der Waals surface area contributed by atoms with Crippen LogP contribution in [0.3, 0.4) is 0 Å². The van der Waals surface area contributed by atoms with E-state index in [1.807, 2.05) is 48.7 Å². The number of hydrazone groups is 1. The fraction of sp³-hybridized carbons (Fsp3) is 0.0769. The molecule has 0 bridgehead atoms. The van der Waals surface area contributed by atoms with Crippen molar-refractivity contribution >= 4 is 34.0 Å². The van der Waals surface area contributed by atoms with Gasteiger partial charge in [-0.2, -0.15) is 5.10 Å². The van der Waals surface area contributed by atoms with Crippen LogP contribution in [0.4, 0.5) is 5.95 Å². The van der Waals surface area contributed by atoms with Gasteiger partial charge in [0.2, 0.25) is 5.95 Å². The molecule has 0 aliphatic heterocycles. The van der Waals surface area contributed by atoms with Gasteiger partial charge in [-0.3, -0.25) is 0 Å². The number of H-pyrrole nitrogens is 1. The summed E-state index contributed by atoms with van der Waals surface area (Å²) < 4.78 is 0. The number of thiophene rings is 1. The SMILES string of the molecule is C/C(=N\Nc1nc2ccccc2[nH]1)c1cccs1. The number of para-hydroxylation sites is 2. The summed E-state index contributed by atoms with van der Waals surface area (Å²) in [7, 11) is 0. The summed E-state index contributed by atoms with van der Waals surface area (Å²) in [6.07, 6.45) is 0. The summed E-state index contributed by atoms with van der Waals surface area (Å²) in [5.74, 6) is 0.659. The van der Waals surface area contributed by atoms with E-state index < -0.39 is 0 Å². The van der Waals surface area contributed by atoms with Gasteiger partial charge in [0.05, 0.1) is 16.7 Å². The molecule has 2 N–H and O–H groups in total. The molecule has 4 nitrogen and oxygen atoms in total. The van der Waals surface area contributed by atoms with Crippen LogP contribution >= 0.6 is 11.3 Å². The maximum absolute atomic E-state index is 4.40. The summed E-state index contributed by atoms with van der Waals surface area (Å²) in [5, 5.41) is 6.35. The smallest absolute Gasteiger partial charge is 0.222 e. The molecule has 5 heteroatoms. The summed E-state index contributed by atoms with van der Waals surface area (Å²) in [6.45, 7) is 1.97. The van der Waals surface area contributed by atoms with Crippen LogP contribution in [0.15, 0.2) is 46.9 Å². The summed E-state index contributed by atoms with van der Waals surface area (Å²) in [5.41, 5.74) is 5.84. The molecule has 1 aromatic carbocycles. The second-order valence-corrected chi connectivity index (χ2v) is 4.84. The van der Waals surface area contributed by atoms with Gasteiger partial charge in [-0.1, -0.05) is 18.2 Å². The number of benzene rings is 1. The minimum Gasteiger partial charge on any atom is -0.323 e. The standard InChI is InChI=1S/C13H12N4S/c1-9(12-7-4-8-18-12)16-17-13-14-10-5-2-3-6-11(10)15-13/h2-8H,1H3,(H2,14,15,17)/b16-9+. The Balaban J connectivity index is 1.82. The third-order valence-electron chi connectivity index (χ3n) is 2.60. The van der Waals surface area contributed by atoms with Crippen LogP contribution < -0.4 is 5.43 Å². The molecule has 2 aromatic heterocycles. The first-order valence-corrected chi connectivity index (χ1v) is 6.50. The quantitative estimate of drug-likeness (QED) is 0.557. The highest BCUT2D eigenvalue weighted by atomic mass is 32.1. The van der Waals surface area contributed by atoms with Gasteiger partial charge in [0.1, 0.15) is 0 Å². The molecule has 18 heavy (non-hydrogen) atoms. The molecular formula is C13H12N4S. The van der Waals surface area contributed by atoms with Crippen molar-refractivity contribution in [3.63, 3.8) is 0 Å². The van der Waals surface area contributed by atoms with E-state index in [0.29, 0.717) is 5.95 Å². The molecule has 2 heterocycles. The monoisotopic (exact) mass is 256 g/mol. The third-order valence-corrected chi connectivity index (χ3v) is 3.58. The first kappa shape index (κ1) is 11.0. The molecule has 0 radical (unpaired) electrons. The Labute approximate surface area is 108 Å². The number of aromatic amines is 1.